The number of anilines is 1. The van der Waals surface area contributed by atoms with Gasteiger partial charge in [0.15, 0.2) is 0 Å². The standard InChI is InChI=1S/C11H9ClF3N3O/c12-9-3-8(2-1-7(9)4-16)17-5-10(19)18-6-11(13,14)15/h1-3,17H,5-6H2,(H,18,19). The molecule has 0 saturated heterocycles. The molecule has 0 aliphatic rings. The average Bonchev–Trinajstić information content (AvgIpc) is 2.33. The van der Waals surface area contributed by atoms with Gasteiger partial charge in [-0.15, -0.1) is 0 Å². The van der Waals surface area contributed by atoms with Crippen molar-refractivity contribution in [3.63, 3.8) is 0 Å². The molecule has 1 aromatic rings. The molecule has 4 nitrogen and oxygen atoms in total. The van der Waals surface area contributed by atoms with Crippen LogP contribution in [0, 0.1) is 11.3 Å². The largest absolute Gasteiger partial charge is 0.405 e. The highest BCUT2D eigenvalue weighted by atomic mass is 35.5. The fourth-order valence-electron chi connectivity index (χ4n) is 1.16. The third-order valence-electron chi connectivity index (χ3n) is 2.03. The van der Waals surface area contributed by atoms with Gasteiger partial charge in [0.2, 0.25) is 5.91 Å². The molecule has 0 fully saturated rings. The van der Waals surface area contributed by atoms with Gasteiger partial charge in [-0.05, 0) is 18.2 Å². The Bertz CT molecular complexity index is 511. The molecule has 0 unspecified atom stereocenters. The van der Waals surface area contributed by atoms with Crippen LogP contribution < -0.4 is 10.6 Å². The van der Waals surface area contributed by atoms with Crippen molar-refractivity contribution >= 4 is 23.2 Å². The molecule has 1 aromatic carbocycles. The lowest BCUT2D eigenvalue weighted by Gasteiger charge is -2.10. The van der Waals surface area contributed by atoms with Crippen LogP contribution in [0.25, 0.3) is 0 Å². The Morgan fingerprint density at radius 2 is 2.11 bits per heavy atom. The lowest BCUT2D eigenvalue weighted by atomic mass is 10.2. The molecule has 0 aromatic heterocycles. The van der Waals surface area contributed by atoms with Crippen LogP contribution in [0.3, 0.4) is 0 Å². The molecule has 0 aliphatic heterocycles. The summed E-state index contributed by atoms with van der Waals surface area (Å²) in [6, 6.07) is 6.22. The van der Waals surface area contributed by atoms with Gasteiger partial charge in [-0.1, -0.05) is 11.6 Å². The third-order valence-corrected chi connectivity index (χ3v) is 2.34. The van der Waals surface area contributed by atoms with Gasteiger partial charge in [0.25, 0.3) is 0 Å². The van der Waals surface area contributed by atoms with Crippen molar-refractivity contribution in [2.24, 2.45) is 0 Å². The topological polar surface area (TPSA) is 64.9 Å². The molecular formula is C11H9ClF3N3O. The van der Waals surface area contributed by atoms with Crippen molar-refractivity contribution in [1.29, 1.82) is 5.26 Å². The minimum Gasteiger partial charge on any atom is -0.376 e. The molecule has 0 heterocycles. The smallest absolute Gasteiger partial charge is 0.376 e. The number of carbonyl (C=O) groups excluding carboxylic acids is 1. The summed E-state index contributed by atoms with van der Waals surface area (Å²) < 4.78 is 35.5. The first-order valence-electron chi connectivity index (χ1n) is 5.09. The van der Waals surface area contributed by atoms with Crippen molar-refractivity contribution in [3.05, 3.63) is 28.8 Å². The van der Waals surface area contributed by atoms with Crippen LogP contribution in [-0.2, 0) is 4.79 Å². The fourth-order valence-corrected chi connectivity index (χ4v) is 1.38. The van der Waals surface area contributed by atoms with Crippen molar-refractivity contribution in [1.82, 2.24) is 5.32 Å². The highest BCUT2D eigenvalue weighted by molar-refractivity contribution is 6.32. The zero-order chi connectivity index (χ0) is 14.5. The Labute approximate surface area is 112 Å². The van der Waals surface area contributed by atoms with E-state index in [1.165, 1.54) is 18.2 Å². The number of hydrogen-bond acceptors (Lipinski definition) is 3. The number of nitrogens with zero attached hydrogens (tertiary/aromatic N) is 1. The first kappa shape index (κ1) is 15.1. The number of nitriles is 1. The number of nitrogens with one attached hydrogen (secondary N) is 2. The van der Waals surface area contributed by atoms with Gasteiger partial charge in [-0.3, -0.25) is 4.79 Å². The molecule has 102 valence electrons. The second-order valence-electron chi connectivity index (χ2n) is 3.55. The zero-order valence-corrected chi connectivity index (χ0v) is 10.3. The maximum absolute atomic E-state index is 11.8. The number of hydrogen-bond donors (Lipinski definition) is 2. The van der Waals surface area contributed by atoms with Crippen LogP contribution in [0.1, 0.15) is 5.56 Å². The van der Waals surface area contributed by atoms with E-state index in [1.807, 2.05) is 6.07 Å². The second kappa shape index (κ2) is 6.29. The second-order valence-corrected chi connectivity index (χ2v) is 3.96. The lowest BCUT2D eigenvalue weighted by molar-refractivity contribution is -0.137. The van der Waals surface area contributed by atoms with Gasteiger partial charge >= 0.3 is 6.18 Å². The SMILES string of the molecule is N#Cc1ccc(NCC(=O)NCC(F)(F)F)cc1Cl. The van der Waals surface area contributed by atoms with Crippen LogP contribution in [0.5, 0.6) is 0 Å². The highest BCUT2D eigenvalue weighted by Crippen LogP contribution is 2.19. The van der Waals surface area contributed by atoms with Crippen molar-refractivity contribution in [2.45, 2.75) is 6.18 Å². The minimum atomic E-state index is -4.44. The Morgan fingerprint density at radius 1 is 1.42 bits per heavy atom. The molecule has 0 spiro atoms. The lowest BCUT2D eigenvalue weighted by Crippen LogP contribution is -2.37. The number of halogens is 4. The van der Waals surface area contributed by atoms with E-state index in [2.05, 4.69) is 5.32 Å². The normalized spacial score (nSPS) is 10.7. The average molecular weight is 292 g/mol. The summed E-state index contributed by atoms with van der Waals surface area (Å²) in [5, 5.41) is 13.2. The number of rotatable bonds is 4. The summed E-state index contributed by atoms with van der Waals surface area (Å²) in [5.74, 6) is -0.794. The van der Waals surface area contributed by atoms with Crippen LogP contribution in [-0.4, -0.2) is 25.2 Å². The summed E-state index contributed by atoms with van der Waals surface area (Å²) in [6.07, 6.45) is -4.44. The molecular weight excluding hydrogens is 283 g/mol. The zero-order valence-electron chi connectivity index (χ0n) is 9.51. The van der Waals surface area contributed by atoms with E-state index >= 15 is 0 Å². The van der Waals surface area contributed by atoms with Gasteiger partial charge in [-0.2, -0.15) is 18.4 Å². The molecule has 0 radical (unpaired) electrons. The first-order valence-corrected chi connectivity index (χ1v) is 5.46. The van der Waals surface area contributed by atoms with Crippen molar-refractivity contribution in [3.8, 4) is 6.07 Å². The van der Waals surface area contributed by atoms with Crippen molar-refractivity contribution in [2.75, 3.05) is 18.4 Å². The number of amides is 1. The van der Waals surface area contributed by atoms with E-state index < -0.39 is 18.6 Å². The quantitative estimate of drug-likeness (QED) is 0.894. The van der Waals surface area contributed by atoms with Gasteiger partial charge in [0.1, 0.15) is 12.6 Å². The maximum atomic E-state index is 11.8. The number of carbonyl (C=O) groups is 1. The Balaban J connectivity index is 2.47. The number of alkyl halides is 3. The van der Waals surface area contributed by atoms with E-state index in [0.29, 0.717) is 5.69 Å². The molecule has 0 aliphatic carbocycles. The third kappa shape index (κ3) is 5.48. The Kier molecular flexibility index (Phi) is 5.01. The van der Waals surface area contributed by atoms with E-state index in [0.717, 1.165) is 0 Å². The van der Waals surface area contributed by atoms with Crippen LogP contribution >= 0.6 is 11.6 Å². The molecule has 1 rings (SSSR count). The van der Waals surface area contributed by atoms with Gasteiger partial charge in [0, 0.05) is 5.69 Å². The Morgan fingerprint density at radius 3 is 2.63 bits per heavy atom. The summed E-state index contributed by atoms with van der Waals surface area (Å²) in [6.45, 7) is -1.69. The molecule has 19 heavy (non-hydrogen) atoms. The van der Waals surface area contributed by atoms with Gasteiger partial charge in [-0.25, -0.2) is 0 Å². The predicted molar refractivity (Wildman–Crippen MR) is 63.7 cm³/mol. The monoisotopic (exact) mass is 291 g/mol. The van der Waals surface area contributed by atoms with Crippen LogP contribution in [0.4, 0.5) is 18.9 Å². The summed E-state index contributed by atoms with van der Waals surface area (Å²) in [4.78, 5) is 11.1. The van der Waals surface area contributed by atoms with E-state index in [1.54, 1.807) is 5.32 Å². The van der Waals surface area contributed by atoms with E-state index in [-0.39, 0.29) is 17.1 Å². The van der Waals surface area contributed by atoms with Crippen LogP contribution in [0.15, 0.2) is 18.2 Å². The van der Waals surface area contributed by atoms with Gasteiger partial charge in [0.05, 0.1) is 17.1 Å². The fraction of sp³-hybridized carbons (Fsp3) is 0.273. The molecule has 1 amide bonds. The van der Waals surface area contributed by atoms with Gasteiger partial charge < -0.3 is 10.6 Å². The number of benzene rings is 1. The highest BCUT2D eigenvalue weighted by Gasteiger charge is 2.27. The predicted octanol–water partition coefficient (Wildman–Crippen LogP) is 2.30. The summed E-state index contributed by atoms with van der Waals surface area (Å²) in [7, 11) is 0. The van der Waals surface area contributed by atoms with E-state index in [4.69, 9.17) is 16.9 Å². The van der Waals surface area contributed by atoms with Crippen molar-refractivity contribution < 1.29 is 18.0 Å². The molecule has 0 bridgehead atoms. The maximum Gasteiger partial charge on any atom is 0.405 e. The summed E-state index contributed by atoms with van der Waals surface area (Å²) >= 11 is 5.75. The molecule has 0 atom stereocenters. The first-order chi connectivity index (χ1) is 8.81. The molecule has 8 heteroatoms. The Hall–Kier alpha value is -1.94. The summed E-state index contributed by atoms with van der Waals surface area (Å²) in [5.41, 5.74) is 0.708. The van der Waals surface area contributed by atoms with E-state index in [9.17, 15) is 18.0 Å². The van der Waals surface area contributed by atoms with Crippen LogP contribution in [0.2, 0.25) is 5.02 Å². The molecule has 0 saturated carbocycles. The minimum absolute atomic E-state index is 0.197. The molecule has 2 N–H and O–H groups in total.